The Morgan fingerprint density at radius 1 is 1.24 bits per heavy atom. The smallest absolute Gasteiger partial charge is 0.280 e. The maximum atomic E-state index is 12.8. The molecule has 1 aliphatic rings. The molecule has 0 bridgehead atoms. The van der Waals surface area contributed by atoms with E-state index in [-0.39, 0.29) is 17.9 Å². The van der Waals surface area contributed by atoms with Crippen molar-refractivity contribution in [3.63, 3.8) is 0 Å². The first-order chi connectivity index (χ1) is 13.9. The van der Waals surface area contributed by atoms with Crippen molar-refractivity contribution in [1.82, 2.24) is 30.0 Å². The lowest BCUT2D eigenvalue weighted by atomic mass is 10.2. The number of hydrogen-bond donors (Lipinski definition) is 0. The molecule has 0 spiro atoms. The Morgan fingerprint density at radius 2 is 2.00 bits per heavy atom. The molecule has 3 aromatic rings. The van der Waals surface area contributed by atoms with Crippen molar-refractivity contribution in [2.24, 2.45) is 0 Å². The summed E-state index contributed by atoms with van der Waals surface area (Å²) in [6.45, 7) is 5.29. The third-order valence-corrected chi connectivity index (χ3v) is 5.14. The molecule has 3 heterocycles. The van der Waals surface area contributed by atoms with Crippen molar-refractivity contribution < 1.29 is 9.32 Å². The van der Waals surface area contributed by atoms with E-state index in [1.54, 1.807) is 4.68 Å². The number of anilines is 1. The zero-order valence-corrected chi connectivity index (χ0v) is 17.1. The summed E-state index contributed by atoms with van der Waals surface area (Å²) in [5, 5.41) is 12.4. The Morgan fingerprint density at radius 3 is 2.66 bits per heavy atom. The topological polar surface area (TPSA) is 93.2 Å². The van der Waals surface area contributed by atoms with E-state index in [0.29, 0.717) is 36.1 Å². The van der Waals surface area contributed by atoms with Crippen molar-refractivity contribution >= 4 is 11.6 Å². The van der Waals surface area contributed by atoms with Crippen LogP contribution in [0.15, 0.2) is 35.0 Å². The molecule has 0 N–H and O–H groups in total. The number of carbonyl (C=O) groups is 1. The maximum absolute atomic E-state index is 12.8. The predicted molar refractivity (Wildman–Crippen MR) is 108 cm³/mol. The minimum Gasteiger partial charge on any atom is -0.378 e. The van der Waals surface area contributed by atoms with Crippen molar-refractivity contribution in [2.75, 3.05) is 32.1 Å². The van der Waals surface area contributed by atoms with E-state index in [1.165, 1.54) is 0 Å². The molecule has 4 rings (SSSR count). The molecule has 2 aromatic heterocycles. The van der Waals surface area contributed by atoms with Crippen LogP contribution in [-0.2, 0) is 0 Å². The van der Waals surface area contributed by atoms with Gasteiger partial charge in [-0.15, -0.1) is 5.10 Å². The first kappa shape index (κ1) is 19.1. The fraction of sp³-hybridized carbons (Fsp3) is 0.450. The number of aromatic nitrogens is 5. The molecule has 1 fully saturated rings. The van der Waals surface area contributed by atoms with Crippen LogP contribution in [0.25, 0.3) is 11.6 Å². The molecule has 0 radical (unpaired) electrons. The highest BCUT2D eigenvalue weighted by atomic mass is 16.5. The van der Waals surface area contributed by atoms with Crippen molar-refractivity contribution in [1.29, 1.82) is 0 Å². The first-order valence-corrected chi connectivity index (χ1v) is 9.75. The third kappa shape index (κ3) is 3.85. The second kappa shape index (κ2) is 7.65. The number of nitrogens with zero attached hydrogens (tertiary/aromatic N) is 7. The molecule has 1 aromatic carbocycles. The van der Waals surface area contributed by atoms with Gasteiger partial charge in [0.15, 0.2) is 11.5 Å². The van der Waals surface area contributed by atoms with E-state index < -0.39 is 0 Å². The van der Waals surface area contributed by atoms with Crippen LogP contribution in [0.2, 0.25) is 0 Å². The monoisotopic (exact) mass is 395 g/mol. The summed E-state index contributed by atoms with van der Waals surface area (Å²) < 4.78 is 7.08. The first-order valence-electron chi connectivity index (χ1n) is 9.75. The lowest BCUT2D eigenvalue weighted by molar-refractivity contribution is 0.0787. The van der Waals surface area contributed by atoms with Gasteiger partial charge in [0.05, 0.1) is 12.2 Å². The Hall–Kier alpha value is -3.23. The molecule has 29 heavy (non-hydrogen) atoms. The maximum Gasteiger partial charge on any atom is 0.280 e. The number of amides is 1. The van der Waals surface area contributed by atoms with E-state index in [9.17, 15) is 4.79 Å². The van der Waals surface area contributed by atoms with Crippen LogP contribution in [0.3, 0.4) is 0 Å². The summed E-state index contributed by atoms with van der Waals surface area (Å²) in [6.07, 6.45) is 2.63. The minimum atomic E-state index is 0.0385. The van der Waals surface area contributed by atoms with Gasteiger partial charge in [0.1, 0.15) is 0 Å². The van der Waals surface area contributed by atoms with E-state index in [2.05, 4.69) is 20.5 Å². The quantitative estimate of drug-likeness (QED) is 0.655. The molecule has 1 saturated heterocycles. The van der Waals surface area contributed by atoms with Gasteiger partial charge in [0.25, 0.3) is 11.8 Å². The lowest BCUT2D eigenvalue weighted by Gasteiger charge is -2.17. The summed E-state index contributed by atoms with van der Waals surface area (Å²) in [7, 11) is 3.96. The van der Waals surface area contributed by atoms with Crippen molar-refractivity contribution in [2.45, 2.75) is 32.2 Å². The van der Waals surface area contributed by atoms with Crippen molar-refractivity contribution in [3.05, 3.63) is 41.9 Å². The predicted octanol–water partition coefficient (Wildman–Crippen LogP) is 2.60. The number of rotatable bonds is 5. The van der Waals surface area contributed by atoms with E-state index in [4.69, 9.17) is 4.52 Å². The Bertz CT molecular complexity index is 990. The van der Waals surface area contributed by atoms with Crippen LogP contribution in [-0.4, -0.2) is 63.1 Å². The van der Waals surface area contributed by atoms with Gasteiger partial charge in [-0.25, -0.2) is 4.68 Å². The van der Waals surface area contributed by atoms with Crippen LogP contribution in [0.1, 0.15) is 48.4 Å². The largest absolute Gasteiger partial charge is 0.378 e. The molecule has 9 heteroatoms. The molecule has 9 nitrogen and oxygen atoms in total. The second-order valence-corrected chi connectivity index (χ2v) is 7.83. The van der Waals surface area contributed by atoms with E-state index in [0.717, 1.165) is 12.1 Å². The molecule has 1 aliphatic heterocycles. The van der Waals surface area contributed by atoms with Gasteiger partial charge in [-0.1, -0.05) is 24.2 Å². The molecular formula is C20H25N7O2. The molecule has 1 atom stereocenters. The highest BCUT2D eigenvalue weighted by Gasteiger charge is 2.29. The standard InChI is InChI=1S/C20H25N7O2/c1-13(2)18-21-19(29-23-18)17-12-27(24-22-17)16-9-10-26(11-16)20(28)14-5-7-15(8-6-14)25(3)4/h5-8,12-13,16H,9-11H2,1-4H3. The molecule has 0 aliphatic carbocycles. The molecule has 0 saturated carbocycles. The summed E-state index contributed by atoms with van der Waals surface area (Å²) in [4.78, 5) is 21.1. The van der Waals surface area contributed by atoms with E-state index in [1.807, 2.05) is 68.2 Å². The fourth-order valence-corrected chi connectivity index (χ4v) is 3.35. The van der Waals surface area contributed by atoms with Crippen LogP contribution in [0, 0.1) is 0 Å². The average Bonchev–Trinajstić information content (AvgIpc) is 3.46. The second-order valence-electron chi connectivity index (χ2n) is 7.83. The zero-order chi connectivity index (χ0) is 20.5. The Balaban J connectivity index is 1.43. The summed E-state index contributed by atoms with van der Waals surface area (Å²) in [5.41, 5.74) is 2.31. The average molecular weight is 395 g/mol. The molecule has 1 unspecified atom stereocenters. The third-order valence-electron chi connectivity index (χ3n) is 5.14. The highest BCUT2D eigenvalue weighted by Crippen LogP contribution is 2.25. The van der Waals surface area contributed by atoms with Gasteiger partial charge >= 0.3 is 0 Å². The molecule has 1 amide bonds. The SMILES string of the molecule is CC(C)c1noc(-c2cn(C3CCN(C(=O)c4ccc(N(C)C)cc4)C3)nn2)n1. The molecule has 152 valence electrons. The summed E-state index contributed by atoms with van der Waals surface area (Å²) in [6, 6.07) is 7.75. The number of hydrogen-bond acceptors (Lipinski definition) is 7. The fourth-order valence-electron chi connectivity index (χ4n) is 3.35. The van der Waals surface area contributed by atoms with Crippen LogP contribution in [0.5, 0.6) is 0 Å². The lowest BCUT2D eigenvalue weighted by Crippen LogP contribution is -2.29. The number of benzene rings is 1. The van der Waals surface area contributed by atoms with E-state index >= 15 is 0 Å². The van der Waals surface area contributed by atoms with Crippen molar-refractivity contribution in [3.8, 4) is 11.6 Å². The summed E-state index contributed by atoms with van der Waals surface area (Å²) >= 11 is 0. The normalized spacial score (nSPS) is 16.6. The van der Waals surface area contributed by atoms with Gasteiger partial charge < -0.3 is 14.3 Å². The van der Waals surface area contributed by atoms with Gasteiger partial charge in [-0.2, -0.15) is 4.98 Å². The highest BCUT2D eigenvalue weighted by molar-refractivity contribution is 5.94. The minimum absolute atomic E-state index is 0.0385. The summed E-state index contributed by atoms with van der Waals surface area (Å²) in [5.74, 6) is 1.24. The van der Waals surface area contributed by atoms with Crippen LogP contribution >= 0.6 is 0 Å². The van der Waals surface area contributed by atoms with Gasteiger partial charge in [0.2, 0.25) is 0 Å². The Labute approximate surface area is 169 Å². The number of likely N-dealkylation sites (tertiary alicyclic amines) is 1. The van der Waals surface area contributed by atoms with Gasteiger partial charge in [-0.05, 0) is 30.7 Å². The molecular weight excluding hydrogens is 370 g/mol. The van der Waals surface area contributed by atoms with Gasteiger partial charge in [0, 0.05) is 44.4 Å². The van der Waals surface area contributed by atoms with Crippen LogP contribution < -0.4 is 4.90 Å². The number of carbonyl (C=O) groups excluding carboxylic acids is 1. The Kier molecular flexibility index (Phi) is 5.04. The van der Waals surface area contributed by atoms with Crippen LogP contribution in [0.4, 0.5) is 5.69 Å². The van der Waals surface area contributed by atoms with Gasteiger partial charge in [-0.3, -0.25) is 4.79 Å². The zero-order valence-electron chi connectivity index (χ0n) is 17.1.